The molecule has 0 aromatic carbocycles. The molecule has 1 unspecified atom stereocenters. The predicted molar refractivity (Wildman–Crippen MR) is 73.6 cm³/mol. The second kappa shape index (κ2) is 5.05. The Bertz CT molecular complexity index is 523. The first-order chi connectivity index (χ1) is 8.88. The Labute approximate surface area is 113 Å². The van der Waals surface area contributed by atoms with E-state index in [1.807, 2.05) is 44.9 Å². The highest BCUT2D eigenvalue weighted by molar-refractivity contribution is 5.13. The molecule has 1 N–H and O–H groups in total. The molecule has 104 valence electrons. The van der Waals surface area contributed by atoms with Crippen molar-refractivity contribution in [3.63, 3.8) is 0 Å². The molecular weight excluding hydrogens is 242 g/mol. The van der Waals surface area contributed by atoms with E-state index in [-0.39, 0.29) is 0 Å². The van der Waals surface area contributed by atoms with E-state index in [0.29, 0.717) is 6.54 Å². The third-order valence-electron chi connectivity index (χ3n) is 2.84. The molecule has 2 heterocycles. The van der Waals surface area contributed by atoms with Crippen molar-refractivity contribution in [1.29, 1.82) is 0 Å². The second-order valence-electron chi connectivity index (χ2n) is 5.04. The molecule has 1 atom stereocenters. The molecule has 0 bridgehead atoms. The van der Waals surface area contributed by atoms with Gasteiger partial charge in [-0.2, -0.15) is 24.9 Å². The fourth-order valence-corrected chi connectivity index (χ4v) is 2.17. The van der Waals surface area contributed by atoms with Crippen LogP contribution in [0.2, 0.25) is 0 Å². The molecule has 0 amide bonds. The van der Waals surface area contributed by atoms with E-state index in [2.05, 4.69) is 10.2 Å². The predicted octanol–water partition coefficient (Wildman–Crippen LogP) is 1.10. The molecular formula is C13H21N5O. The average molecular weight is 263 g/mol. The molecule has 0 aliphatic rings. The molecule has 2 aromatic heterocycles. The maximum Gasteiger partial charge on any atom is 0.0864 e. The molecule has 0 spiro atoms. The summed E-state index contributed by atoms with van der Waals surface area (Å²) in [7, 11) is 0. The van der Waals surface area contributed by atoms with Crippen LogP contribution in [-0.4, -0.2) is 37.5 Å². The standard InChI is InChI=1S/C13H21N5O/c1-9-6-11(3)17(14-9)16(8-13(5)19)18-12(4)7-10(2)15-18/h6-7,13,19H,8H2,1-5H3. The summed E-state index contributed by atoms with van der Waals surface area (Å²) in [4.78, 5) is 3.56. The van der Waals surface area contributed by atoms with Crippen LogP contribution in [0.15, 0.2) is 12.1 Å². The van der Waals surface area contributed by atoms with Gasteiger partial charge in [0, 0.05) is 0 Å². The maximum atomic E-state index is 9.72. The average Bonchev–Trinajstić information content (AvgIpc) is 2.78. The Morgan fingerprint density at radius 3 is 1.74 bits per heavy atom. The zero-order chi connectivity index (χ0) is 14.2. The minimum Gasteiger partial charge on any atom is -0.391 e. The van der Waals surface area contributed by atoms with Crippen LogP contribution >= 0.6 is 0 Å². The van der Waals surface area contributed by atoms with Crippen LogP contribution in [-0.2, 0) is 0 Å². The summed E-state index contributed by atoms with van der Waals surface area (Å²) in [5, 5.41) is 20.5. The Kier molecular flexibility index (Phi) is 3.61. The van der Waals surface area contributed by atoms with Gasteiger partial charge in [-0.15, -0.1) is 0 Å². The number of aromatic nitrogens is 4. The normalized spacial score (nSPS) is 12.7. The first-order valence-electron chi connectivity index (χ1n) is 6.41. The number of nitrogens with zero attached hydrogens (tertiary/aromatic N) is 5. The zero-order valence-electron chi connectivity index (χ0n) is 12.1. The van der Waals surface area contributed by atoms with Crippen LogP contribution in [0.1, 0.15) is 29.7 Å². The fraction of sp³-hybridized carbons (Fsp3) is 0.538. The molecule has 2 aromatic rings. The van der Waals surface area contributed by atoms with Gasteiger partial charge in [0.2, 0.25) is 0 Å². The Morgan fingerprint density at radius 2 is 1.47 bits per heavy atom. The smallest absolute Gasteiger partial charge is 0.0864 e. The third-order valence-corrected chi connectivity index (χ3v) is 2.84. The minimum absolute atomic E-state index is 0.421. The van der Waals surface area contributed by atoms with Gasteiger partial charge in [-0.3, -0.25) is 0 Å². The summed E-state index contributed by atoms with van der Waals surface area (Å²) in [5.74, 6) is 0. The van der Waals surface area contributed by atoms with Gasteiger partial charge in [0.05, 0.1) is 35.4 Å². The molecule has 0 radical (unpaired) electrons. The van der Waals surface area contributed by atoms with Gasteiger partial charge >= 0.3 is 0 Å². The number of rotatable bonds is 4. The Balaban J connectivity index is 2.47. The highest BCUT2D eigenvalue weighted by Crippen LogP contribution is 2.08. The molecule has 0 saturated heterocycles. The van der Waals surface area contributed by atoms with Crippen molar-refractivity contribution in [2.75, 3.05) is 11.7 Å². The lowest BCUT2D eigenvalue weighted by atomic mass is 10.4. The summed E-state index contributed by atoms with van der Waals surface area (Å²) in [6, 6.07) is 4.00. The van der Waals surface area contributed by atoms with Crippen molar-refractivity contribution in [2.45, 2.75) is 40.7 Å². The summed E-state index contributed by atoms with van der Waals surface area (Å²) >= 11 is 0. The highest BCUT2D eigenvalue weighted by Gasteiger charge is 2.17. The molecule has 19 heavy (non-hydrogen) atoms. The number of aryl methyl sites for hydroxylation is 4. The van der Waals surface area contributed by atoms with E-state index >= 15 is 0 Å². The molecule has 0 fully saturated rings. The van der Waals surface area contributed by atoms with Crippen molar-refractivity contribution >= 4 is 0 Å². The van der Waals surface area contributed by atoms with Gasteiger partial charge < -0.3 is 5.11 Å². The monoisotopic (exact) mass is 263 g/mol. The SMILES string of the molecule is Cc1cc(C)n(N(CC(C)O)n2nc(C)cc2C)n1. The first kappa shape index (κ1) is 13.6. The molecule has 0 aliphatic heterocycles. The van der Waals surface area contributed by atoms with Crippen LogP contribution in [0.5, 0.6) is 0 Å². The van der Waals surface area contributed by atoms with E-state index in [9.17, 15) is 5.11 Å². The summed E-state index contributed by atoms with van der Waals surface area (Å²) in [6.45, 7) is 10.0. The lowest BCUT2D eigenvalue weighted by molar-refractivity contribution is 0.180. The largest absolute Gasteiger partial charge is 0.391 e. The summed E-state index contributed by atoms with van der Waals surface area (Å²) in [5.41, 5.74) is 3.89. The highest BCUT2D eigenvalue weighted by atomic mass is 16.3. The Hall–Kier alpha value is -1.82. The van der Waals surface area contributed by atoms with Crippen LogP contribution in [0.3, 0.4) is 0 Å². The van der Waals surface area contributed by atoms with E-state index in [1.165, 1.54) is 0 Å². The van der Waals surface area contributed by atoms with Gasteiger partial charge in [0.15, 0.2) is 0 Å². The van der Waals surface area contributed by atoms with Gasteiger partial charge in [-0.05, 0) is 46.8 Å². The molecule has 2 rings (SSSR count). The van der Waals surface area contributed by atoms with E-state index in [4.69, 9.17) is 0 Å². The topological polar surface area (TPSA) is 59.1 Å². The number of aliphatic hydroxyl groups is 1. The van der Waals surface area contributed by atoms with Crippen LogP contribution in [0, 0.1) is 27.7 Å². The molecule has 6 heteroatoms. The second-order valence-corrected chi connectivity index (χ2v) is 5.04. The molecule has 0 saturated carbocycles. The van der Waals surface area contributed by atoms with Gasteiger partial charge in [-0.1, -0.05) is 0 Å². The molecule has 6 nitrogen and oxygen atoms in total. The quantitative estimate of drug-likeness (QED) is 0.897. The van der Waals surface area contributed by atoms with E-state index in [0.717, 1.165) is 22.8 Å². The number of hydrogen-bond donors (Lipinski definition) is 1. The van der Waals surface area contributed by atoms with Crippen molar-refractivity contribution in [3.05, 3.63) is 34.9 Å². The fourth-order valence-electron chi connectivity index (χ4n) is 2.17. The first-order valence-corrected chi connectivity index (χ1v) is 6.41. The minimum atomic E-state index is -0.479. The Morgan fingerprint density at radius 1 is 1.05 bits per heavy atom. The molecule has 0 aliphatic carbocycles. The summed E-state index contributed by atoms with van der Waals surface area (Å²) in [6.07, 6.45) is -0.479. The zero-order valence-corrected chi connectivity index (χ0v) is 12.1. The third kappa shape index (κ3) is 2.78. The van der Waals surface area contributed by atoms with Crippen LogP contribution < -0.4 is 5.12 Å². The van der Waals surface area contributed by atoms with Crippen molar-refractivity contribution < 1.29 is 5.11 Å². The van der Waals surface area contributed by atoms with Crippen molar-refractivity contribution in [2.24, 2.45) is 0 Å². The van der Waals surface area contributed by atoms with Crippen molar-refractivity contribution in [3.8, 4) is 0 Å². The lowest BCUT2D eigenvalue weighted by Crippen LogP contribution is -2.46. The summed E-state index contributed by atoms with van der Waals surface area (Å²) < 4.78 is 0. The lowest BCUT2D eigenvalue weighted by Gasteiger charge is -2.27. The van der Waals surface area contributed by atoms with E-state index in [1.54, 1.807) is 16.5 Å². The van der Waals surface area contributed by atoms with Gasteiger partial charge in [0.1, 0.15) is 0 Å². The van der Waals surface area contributed by atoms with Gasteiger partial charge in [-0.25, -0.2) is 0 Å². The van der Waals surface area contributed by atoms with E-state index < -0.39 is 6.10 Å². The van der Waals surface area contributed by atoms with Crippen molar-refractivity contribution in [1.82, 2.24) is 19.8 Å². The maximum absolute atomic E-state index is 9.72. The van der Waals surface area contributed by atoms with Gasteiger partial charge in [0.25, 0.3) is 0 Å². The number of hydrogen-bond acceptors (Lipinski definition) is 4. The van der Waals surface area contributed by atoms with Crippen LogP contribution in [0.25, 0.3) is 0 Å². The number of aliphatic hydroxyl groups excluding tert-OH is 1. The van der Waals surface area contributed by atoms with Crippen LogP contribution in [0.4, 0.5) is 0 Å².